The maximum atomic E-state index is 13.8. The molecule has 0 atom stereocenters. The molecule has 1 aromatic carbocycles. The van der Waals surface area contributed by atoms with Crippen LogP contribution in [0, 0.1) is 0 Å². The maximum absolute atomic E-state index is 13.8. The summed E-state index contributed by atoms with van der Waals surface area (Å²) in [6.07, 6.45) is 6.11. The van der Waals surface area contributed by atoms with Crippen molar-refractivity contribution < 1.29 is 21.6 Å². The van der Waals surface area contributed by atoms with Gasteiger partial charge in [-0.2, -0.15) is 13.2 Å². The lowest BCUT2D eigenvalue weighted by Gasteiger charge is -2.30. The monoisotopic (exact) mass is 580 g/mol. The number of imidazole rings is 2. The van der Waals surface area contributed by atoms with Gasteiger partial charge in [-0.25, -0.2) is 32.7 Å². The number of hydrogen-bond donors (Lipinski definition) is 1. The quantitative estimate of drug-likeness (QED) is 0.351. The number of halogens is 4. The zero-order valence-corrected chi connectivity index (χ0v) is 22.2. The van der Waals surface area contributed by atoms with Gasteiger partial charge in [-0.1, -0.05) is 17.7 Å². The largest absolute Gasteiger partial charge is 0.420 e. The van der Waals surface area contributed by atoms with Crippen LogP contribution in [0.1, 0.15) is 24.0 Å². The Bertz CT molecular complexity index is 1570. The van der Waals surface area contributed by atoms with Gasteiger partial charge in [0.05, 0.1) is 23.3 Å². The standard InChI is InChI=1S/C24H24ClF3N8O2S/c1-39(37,38)36-7-4-17(5-8-36)32-23-30-11-18(24(26,27)28)22(33-23)20-13-35(15-31-20)21-3-2-16(10-19(21)25)12-34-9-6-29-14-34/h2-3,6,9-11,13-15,17H,4-5,7-8,12H2,1H3,(H,30,32,33). The number of alkyl halides is 3. The van der Waals surface area contributed by atoms with Crippen LogP contribution in [0.2, 0.25) is 5.02 Å². The molecule has 1 N–H and O–H groups in total. The van der Waals surface area contributed by atoms with Gasteiger partial charge in [0, 0.05) is 50.5 Å². The van der Waals surface area contributed by atoms with E-state index in [9.17, 15) is 21.6 Å². The van der Waals surface area contributed by atoms with Crippen LogP contribution in [-0.4, -0.2) is 67.2 Å². The summed E-state index contributed by atoms with van der Waals surface area (Å²) in [5.41, 5.74) is 0.0732. The van der Waals surface area contributed by atoms with Crippen LogP contribution >= 0.6 is 11.6 Å². The van der Waals surface area contributed by atoms with Crippen molar-refractivity contribution in [1.82, 2.24) is 33.4 Å². The molecule has 0 saturated carbocycles. The van der Waals surface area contributed by atoms with Gasteiger partial charge in [-0.3, -0.25) is 0 Å². The molecule has 15 heteroatoms. The summed E-state index contributed by atoms with van der Waals surface area (Å²) in [4.78, 5) is 16.2. The van der Waals surface area contributed by atoms with Crippen molar-refractivity contribution in [3.63, 3.8) is 0 Å². The Morgan fingerprint density at radius 2 is 1.92 bits per heavy atom. The highest BCUT2D eigenvalue weighted by molar-refractivity contribution is 7.88. The second-order valence-electron chi connectivity index (χ2n) is 9.22. The fourth-order valence-electron chi connectivity index (χ4n) is 4.39. The van der Waals surface area contributed by atoms with E-state index in [1.807, 2.05) is 16.8 Å². The molecule has 5 rings (SSSR count). The summed E-state index contributed by atoms with van der Waals surface area (Å²) >= 11 is 6.51. The molecule has 1 saturated heterocycles. The van der Waals surface area contributed by atoms with E-state index in [4.69, 9.17) is 11.6 Å². The van der Waals surface area contributed by atoms with Crippen molar-refractivity contribution in [2.75, 3.05) is 24.7 Å². The Hall–Kier alpha value is -3.49. The first-order chi connectivity index (χ1) is 18.5. The van der Waals surface area contributed by atoms with Crippen LogP contribution in [0.4, 0.5) is 19.1 Å². The van der Waals surface area contributed by atoms with Crippen molar-refractivity contribution >= 4 is 27.6 Å². The van der Waals surface area contributed by atoms with Gasteiger partial charge >= 0.3 is 6.18 Å². The van der Waals surface area contributed by atoms with Crippen LogP contribution < -0.4 is 5.32 Å². The van der Waals surface area contributed by atoms with Gasteiger partial charge in [0.2, 0.25) is 16.0 Å². The van der Waals surface area contributed by atoms with Crippen LogP contribution in [0.15, 0.2) is 55.6 Å². The molecule has 0 bridgehead atoms. The van der Waals surface area contributed by atoms with Gasteiger partial charge in [-0.05, 0) is 30.5 Å². The summed E-state index contributed by atoms with van der Waals surface area (Å²) in [5, 5.41) is 3.44. The fourth-order valence-corrected chi connectivity index (χ4v) is 5.57. The molecule has 206 valence electrons. The zero-order chi connectivity index (χ0) is 27.8. The third-order valence-electron chi connectivity index (χ3n) is 6.39. The van der Waals surface area contributed by atoms with Gasteiger partial charge in [0.1, 0.15) is 23.3 Å². The Labute approximate surface area is 227 Å². The summed E-state index contributed by atoms with van der Waals surface area (Å²) in [6, 6.07) is 5.22. The number of nitrogens with one attached hydrogen (secondary N) is 1. The number of hydrogen-bond acceptors (Lipinski definition) is 7. The summed E-state index contributed by atoms with van der Waals surface area (Å²) in [5.74, 6) is 0.00671. The van der Waals surface area contributed by atoms with Gasteiger partial charge < -0.3 is 14.5 Å². The van der Waals surface area contributed by atoms with E-state index in [1.54, 1.807) is 24.7 Å². The van der Waals surface area contributed by atoms with Crippen molar-refractivity contribution in [1.29, 1.82) is 0 Å². The van der Waals surface area contributed by atoms with Gasteiger partial charge in [0.25, 0.3) is 0 Å². The Kier molecular flexibility index (Phi) is 7.35. The predicted molar refractivity (Wildman–Crippen MR) is 139 cm³/mol. The second kappa shape index (κ2) is 10.6. The normalized spacial score (nSPS) is 15.5. The fraction of sp³-hybridized carbons (Fsp3) is 0.333. The number of sulfonamides is 1. The third kappa shape index (κ3) is 6.23. The smallest absolute Gasteiger partial charge is 0.351 e. The molecule has 3 aromatic heterocycles. The first-order valence-corrected chi connectivity index (χ1v) is 14.1. The lowest BCUT2D eigenvalue weighted by molar-refractivity contribution is -0.137. The van der Waals surface area contributed by atoms with Crippen molar-refractivity contribution in [2.24, 2.45) is 0 Å². The highest BCUT2D eigenvalue weighted by Crippen LogP contribution is 2.36. The van der Waals surface area contributed by atoms with Gasteiger partial charge in [0.15, 0.2) is 0 Å². The lowest BCUT2D eigenvalue weighted by Crippen LogP contribution is -2.42. The minimum absolute atomic E-state index is 0.00164. The molecule has 0 spiro atoms. The van der Waals surface area contributed by atoms with E-state index in [0.717, 1.165) is 18.0 Å². The minimum atomic E-state index is -4.70. The first kappa shape index (κ1) is 27.1. The number of aromatic nitrogens is 6. The van der Waals surface area contributed by atoms with E-state index in [2.05, 4.69) is 25.3 Å². The molecule has 39 heavy (non-hydrogen) atoms. The third-order valence-corrected chi connectivity index (χ3v) is 8.00. The SMILES string of the molecule is CS(=O)(=O)N1CCC(Nc2ncc(C(F)(F)F)c(-c3cn(-c4ccc(Cn5ccnc5)cc4Cl)cn3)n2)CC1. The van der Waals surface area contributed by atoms with E-state index in [1.165, 1.54) is 21.4 Å². The zero-order valence-electron chi connectivity index (χ0n) is 20.7. The van der Waals surface area contributed by atoms with E-state index in [0.29, 0.717) is 43.2 Å². The molecule has 4 aromatic rings. The molecule has 1 fully saturated rings. The summed E-state index contributed by atoms with van der Waals surface area (Å²) in [7, 11) is -3.30. The highest BCUT2D eigenvalue weighted by Gasteiger charge is 2.36. The van der Waals surface area contributed by atoms with Crippen LogP contribution in [0.25, 0.3) is 17.1 Å². The summed E-state index contributed by atoms with van der Waals surface area (Å²) in [6.45, 7) is 1.17. The topological polar surface area (TPSA) is 111 Å². The number of nitrogens with zero attached hydrogens (tertiary/aromatic N) is 7. The van der Waals surface area contributed by atoms with Crippen LogP contribution in [-0.2, 0) is 22.7 Å². The number of anilines is 1. The highest BCUT2D eigenvalue weighted by atomic mass is 35.5. The molecular formula is C24H24ClF3N8O2S. The predicted octanol–water partition coefficient (Wildman–Crippen LogP) is 4.08. The van der Waals surface area contributed by atoms with Crippen LogP contribution in [0.3, 0.4) is 0 Å². The first-order valence-electron chi connectivity index (χ1n) is 11.9. The van der Waals surface area contributed by atoms with E-state index >= 15 is 0 Å². The lowest BCUT2D eigenvalue weighted by atomic mass is 10.1. The Balaban J connectivity index is 1.39. The molecule has 0 unspecified atom stereocenters. The van der Waals surface area contributed by atoms with E-state index < -0.39 is 21.8 Å². The molecule has 0 radical (unpaired) electrons. The molecule has 4 heterocycles. The molecule has 0 aliphatic carbocycles. The Morgan fingerprint density at radius 3 is 2.56 bits per heavy atom. The van der Waals surface area contributed by atoms with Crippen LogP contribution in [0.5, 0.6) is 0 Å². The maximum Gasteiger partial charge on any atom is 0.420 e. The van der Waals surface area contributed by atoms with Crippen molar-refractivity contribution in [3.05, 3.63) is 71.8 Å². The second-order valence-corrected chi connectivity index (χ2v) is 11.6. The molecule has 10 nitrogen and oxygen atoms in total. The number of benzene rings is 1. The molecular weight excluding hydrogens is 557 g/mol. The molecule has 0 amide bonds. The molecule has 1 aliphatic heterocycles. The Morgan fingerprint density at radius 1 is 1.15 bits per heavy atom. The number of piperidine rings is 1. The summed E-state index contributed by atoms with van der Waals surface area (Å²) < 4.78 is 69.8. The average molecular weight is 581 g/mol. The van der Waals surface area contributed by atoms with Gasteiger partial charge in [-0.15, -0.1) is 0 Å². The van der Waals surface area contributed by atoms with Crippen molar-refractivity contribution in [2.45, 2.75) is 31.6 Å². The minimum Gasteiger partial charge on any atom is -0.351 e. The average Bonchev–Trinajstić information content (AvgIpc) is 3.56. The molecule has 1 aliphatic rings. The van der Waals surface area contributed by atoms with E-state index in [-0.39, 0.29) is 23.4 Å². The number of rotatable bonds is 7. The van der Waals surface area contributed by atoms with Crippen molar-refractivity contribution in [3.8, 4) is 17.1 Å².